The molecule has 3 aromatic rings. The van der Waals surface area contributed by atoms with Gasteiger partial charge in [0.05, 0.1) is 10.4 Å². The number of fused-ring (bicyclic) bond motifs is 1. The van der Waals surface area contributed by atoms with Gasteiger partial charge in [-0.05, 0) is 51.0 Å². The lowest BCUT2D eigenvalue weighted by Crippen LogP contribution is -2.44. The lowest BCUT2D eigenvalue weighted by Gasteiger charge is -2.31. The predicted molar refractivity (Wildman–Crippen MR) is 128 cm³/mol. The molecule has 0 aliphatic heterocycles. The van der Waals surface area contributed by atoms with Crippen LogP contribution in [-0.2, 0) is 21.2 Å². The molecule has 1 N–H and O–H groups in total. The van der Waals surface area contributed by atoms with Crippen molar-refractivity contribution >= 4 is 61.8 Å². The molecule has 1 amide bonds. The third-order valence-electron chi connectivity index (χ3n) is 5.03. The number of aromatic nitrogens is 1. The van der Waals surface area contributed by atoms with E-state index in [4.69, 9.17) is 39.5 Å². The molecule has 0 saturated carbocycles. The summed E-state index contributed by atoms with van der Waals surface area (Å²) in [5.41, 5.74) is 0.956. The van der Waals surface area contributed by atoms with Gasteiger partial charge in [0.15, 0.2) is 5.60 Å². The van der Waals surface area contributed by atoms with Gasteiger partial charge in [0.2, 0.25) is 3.79 Å². The number of nitrogens with one attached hydrogen (secondary N) is 1. The number of hydrogen-bond acceptors (Lipinski definition) is 4. The number of halogens is 3. The summed E-state index contributed by atoms with van der Waals surface area (Å²) in [4.78, 5) is 12.3. The highest BCUT2D eigenvalue weighted by molar-refractivity contribution is 7.90. The van der Waals surface area contributed by atoms with Crippen molar-refractivity contribution in [3.8, 4) is 0 Å². The van der Waals surface area contributed by atoms with E-state index in [0.717, 1.165) is 16.5 Å². The first kappa shape index (κ1) is 24.7. The zero-order valence-electron chi connectivity index (χ0n) is 17.7. The Kier molecular flexibility index (Phi) is 7.05. The summed E-state index contributed by atoms with van der Waals surface area (Å²) in [6.07, 6.45) is 1.22. The van der Waals surface area contributed by atoms with Crippen LogP contribution in [0.4, 0.5) is 4.79 Å². The monoisotopic (exact) mass is 516 g/mol. The lowest BCUT2D eigenvalue weighted by atomic mass is 10.1. The molecule has 0 fully saturated rings. The van der Waals surface area contributed by atoms with Crippen LogP contribution in [0, 0.1) is 6.92 Å². The predicted octanol–water partition coefficient (Wildman–Crippen LogP) is 5.60. The minimum absolute atomic E-state index is 0.200. The third kappa shape index (κ3) is 5.17. The number of amides is 1. The van der Waals surface area contributed by atoms with E-state index in [0.29, 0.717) is 11.9 Å². The largest absolute Gasteiger partial charge is 0.439 e. The third-order valence-corrected chi connectivity index (χ3v) is 8.09. The number of alkyl halides is 3. The van der Waals surface area contributed by atoms with Crippen LogP contribution in [0.15, 0.2) is 59.6 Å². The van der Waals surface area contributed by atoms with Gasteiger partial charge in [0, 0.05) is 18.1 Å². The van der Waals surface area contributed by atoms with Gasteiger partial charge < -0.3 is 10.1 Å². The molecule has 0 bridgehead atoms. The summed E-state index contributed by atoms with van der Waals surface area (Å²) in [5, 5.41) is 3.39. The highest BCUT2D eigenvalue weighted by Crippen LogP contribution is 2.40. The van der Waals surface area contributed by atoms with E-state index in [2.05, 4.69) is 5.32 Å². The number of carbonyl (C=O) groups excluding carboxylic acids is 1. The first-order valence-electron chi connectivity index (χ1n) is 9.78. The Morgan fingerprint density at radius 1 is 1.06 bits per heavy atom. The fourth-order valence-corrected chi connectivity index (χ4v) is 4.57. The van der Waals surface area contributed by atoms with Crippen LogP contribution in [0.2, 0.25) is 0 Å². The Hall–Kier alpha value is -1.93. The maximum atomic E-state index is 13.2. The number of aryl methyl sites for hydroxylation is 1. The molecule has 0 spiro atoms. The zero-order valence-corrected chi connectivity index (χ0v) is 20.8. The molecular weight excluding hydrogens is 495 g/mol. The highest BCUT2D eigenvalue weighted by atomic mass is 35.6. The molecule has 0 radical (unpaired) electrons. The highest BCUT2D eigenvalue weighted by Gasteiger charge is 2.44. The van der Waals surface area contributed by atoms with E-state index in [1.54, 1.807) is 42.6 Å². The number of ether oxygens (including phenoxy) is 1. The summed E-state index contributed by atoms with van der Waals surface area (Å²) >= 11 is 17.5. The number of benzene rings is 2. The second-order valence-electron chi connectivity index (χ2n) is 7.86. The van der Waals surface area contributed by atoms with Crippen LogP contribution in [0.1, 0.15) is 25.0 Å². The van der Waals surface area contributed by atoms with Crippen molar-refractivity contribution < 1.29 is 17.9 Å². The smallest absolute Gasteiger partial charge is 0.407 e. The Balaban J connectivity index is 1.81. The van der Waals surface area contributed by atoms with E-state index in [1.807, 2.05) is 19.1 Å². The summed E-state index contributed by atoms with van der Waals surface area (Å²) in [6.45, 7) is 5.08. The van der Waals surface area contributed by atoms with Gasteiger partial charge >= 0.3 is 6.09 Å². The number of nitrogens with zero attached hydrogens (tertiary/aromatic N) is 1. The SMILES string of the molecule is Cc1ccc(S(=O)(=O)n2cc(CCNC(=O)OC(C)(C)C(Cl)(Cl)Cl)c3ccccc32)cc1. The van der Waals surface area contributed by atoms with Crippen molar-refractivity contribution in [1.29, 1.82) is 0 Å². The molecule has 0 saturated heterocycles. The maximum absolute atomic E-state index is 13.2. The van der Waals surface area contributed by atoms with E-state index >= 15 is 0 Å². The first-order chi connectivity index (χ1) is 14.8. The molecule has 32 heavy (non-hydrogen) atoms. The molecule has 1 aromatic heterocycles. The fourth-order valence-electron chi connectivity index (χ4n) is 3.06. The average molecular weight is 518 g/mol. The summed E-state index contributed by atoms with van der Waals surface area (Å²) in [5.74, 6) is 0. The van der Waals surface area contributed by atoms with E-state index in [1.165, 1.54) is 17.8 Å². The molecule has 6 nitrogen and oxygen atoms in total. The van der Waals surface area contributed by atoms with Crippen LogP contribution in [0.5, 0.6) is 0 Å². The first-order valence-corrected chi connectivity index (χ1v) is 12.3. The zero-order chi connectivity index (χ0) is 23.7. The average Bonchev–Trinajstić information content (AvgIpc) is 3.07. The van der Waals surface area contributed by atoms with Crippen LogP contribution >= 0.6 is 34.8 Å². The Bertz CT molecular complexity index is 1230. The molecule has 0 aliphatic rings. The summed E-state index contributed by atoms with van der Waals surface area (Å²) < 4.78 is 31.2. The number of alkyl carbamates (subject to hydrolysis) is 1. The standard InChI is InChI=1S/C22H23Cl3N2O4S/c1-15-8-10-17(11-9-15)32(29,30)27-14-16(18-6-4-5-7-19(18)27)12-13-26-20(28)31-21(2,3)22(23,24)25/h4-11,14H,12-13H2,1-3H3,(H,26,28). The minimum Gasteiger partial charge on any atom is -0.439 e. The van der Waals surface area contributed by atoms with Crippen molar-refractivity contribution in [3.63, 3.8) is 0 Å². The van der Waals surface area contributed by atoms with Gasteiger partial charge in [-0.15, -0.1) is 0 Å². The summed E-state index contributed by atoms with van der Waals surface area (Å²) in [7, 11) is -3.78. The van der Waals surface area contributed by atoms with E-state index < -0.39 is 25.5 Å². The quantitative estimate of drug-likeness (QED) is 0.432. The van der Waals surface area contributed by atoms with Gasteiger partial charge in [0.1, 0.15) is 0 Å². The number of hydrogen-bond donors (Lipinski definition) is 1. The van der Waals surface area contributed by atoms with Crippen molar-refractivity contribution in [1.82, 2.24) is 9.29 Å². The molecular formula is C22H23Cl3N2O4S. The Morgan fingerprint density at radius 3 is 2.31 bits per heavy atom. The van der Waals surface area contributed by atoms with E-state index in [-0.39, 0.29) is 11.4 Å². The van der Waals surface area contributed by atoms with Crippen molar-refractivity contribution in [2.24, 2.45) is 0 Å². The molecule has 172 valence electrons. The second kappa shape index (κ2) is 9.14. The molecule has 10 heteroatoms. The van der Waals surface area contributed by atoms with Crippen LogP contribution in [-0.4, -0.2) is 34.4 Å². The number of rotatable bonds is 6. The van der Waals surface area contributed by atoms with Gasteiger partial charge in [-0.25, -0.2) is 17.2 Å². The molecule has 0 aliphatic carbocycles. The second-order valence-corrected chi connectivity index (χ2v) is 12.0. The van der Waals surface area contributed by atoms with Crippen LogP contribution in [0.3, 0.4) is 0 Å². The van der Waals surface area contributed by atoms with Crippen molar-refractivity contribution in [2.45, 2.75) is 41.5 Å². The van der Waals surface area contributed by atoms with Gasteiger partial charge in [0.25, 0.3) is 10.0 Å². The van der Waals surface area contributed by atoms with Gasteiger partial charge in [-0.2, -0.15) is 0 Å². The topological polar surface area (TPSA) is 77.4 Å². The number of para-hydroxylation sites is 1. The maximum Gasteiger partial charge on any atom is 0.407 e. The molecule has 2 aromatic carbocycles. The summed E-state index contributed by atoms with van der Waals surface area (Å²) in [6, 6.07) is 13.9. The van der Waals surface area contributed by atoms with E-state index in [9.17, 15) is 13.2 Å². The van der Waals surface area contributed by atoms with Gasteiger partial charge in [-0.3, -0.25) is 0 Å². The Morgan fingerprint density at radius 2 is 1.69 bits per heavy atom. The van der Waals surface area contributed by atoms with Crippen LogP contribution in [0.25, 0.3) is 10.9 Å². The molecule has 0 unspecified atom stereocenters. The molecule has 3 rings (SSSR count). The molecule has 0 atom stereocenters. The van der Waals surface area contributed by atoms with Crippen molar-refractivity contribution in [3.05, 3.63) is 65.9 Å². The number of carbonyl (C=O) groups is 1. The van der Waals surface area contributed by atoms with Crippen molar-refractivity contribution in [2.75, 3.05) is 6.54 Å². The normalized spacial score (nSPS) is 12.7. The Labute approximate surface area is 202 Å². The molecule has 1 heterocycles. The minimum atomic E-state index is -3.78. The van der Waals surface area contributed by atoms with Crippen LogP contribution < -0.4 is 5.32 Å². The fraction of sp³-hybridized carbons (Fsp3) is 0.318. The lowest BCUT2D eigenvalue weighted by molar-refractivity contribution is 0.0418. The van der Waals surface area contributed by atoms with Gasteiger partial charge in [-0.1, -0.05) is 70.7 Å².